The molecule has 0 N–H and O–H groups in total. The molecule has 62 valence electrons. The number of benzene rings is 1. The van der Waals surface area contributed by atoms with E-state index in [-0.39, 0.29) is 0 Å². The van der Waals surface area contributed by atoms with Gasteiger partial charge in [-0.3, -0.25) is 0 Å². The molecule has 0 unspecified atom stereocenters. The van der Waals surface area contributed by atoms with Crippen molar-refractivity contribution in [1.82, 2.24) is 4.98 Å². The second kappa shape index (κ2) is 3.05. The van der Waals surface area contributed by atoms with Crippen molar-refractivity contribution in [1.29, 1.82) is 0 Å². The maximum Gasteiger partial charge on any atom is 0.205 e. The lowest BCUT2D eigenvalue weighted by molar-refractivity contribution is 0.559. The highest BCUT2D eigenvalue weighted by atomic mass is 127. The normalized spacial score (nSPS) is 10.8. The van der Waals surface area contributed by atoms with E-state index in [1.165, 1.54) is 5.56 Å². The topological polar surface area (TPSA) is 26.0 Å². The molecule has 0 spiro atoms. The molecule has 2 nitrogen and oxygen atoms in total. The van der Waals surface area contributed by atoms with Gasteiger partial charge in [-0.2, -0.15) is 0 Å². The van der Waals surface area contributed by atoms with Gasteiger partial charge < -0.3 is 4.42 Å². The van der Waals surface area contributed by atoms with E-state index < -0.39 is 0 Å². The first kappa shape index (κ1) is 8.04. The Labute approximate surface area is 84.1 Å². The van der Waals surface area contributed by atoms with Gasteiger partial charge in [-0.15, -0.1) is 0 Å². The van der Waals surface area contributed by atoms with Crippen LogP contribution < -0.4 is 0 Å². The Bertz CT molecular complexity index is 408. The average Bonchev–Trinajstić information content (AvgIpc) is 2.46. The number of nitrogens with zero attached hydrogens (tertiary/aromatic N) is 1. The summed E-state index contributed by atoms with van der Waals surface area (Å²) >= 11 is 2.24. The second-order valence-corrected chi connectivity index (χ2v) is 3.48. The number of alkyl halides is 1. The van der Waals surface area contributed by atoms with Gasteiger partial charge in [0, 0.05) is 0 Å². The third-order valence-electron chi connectivity index (χ3n) is 1.70. The summed E-state index contributed by atoms with van der Waals surface area (Å²) in [6.07, 6.45) is 0. The van der Waals surface area contributed by atoms with Gasteiger partial charge in [0.15, 0.2) is 5.58 Å². The van der Waals surface area contributed by atoms with Gasteiger partial charge in [-0.25, -0.2) is 4.98 Å². The quantitative estimate of drug-likeness (QED) is 0.589. The lowest BCUT2D eigenvalue weighted by atomic mass is 10.2. The summed E-state index contributed by atoms with van der Waals surface area (Å²) in [6, 6.07) is 6.03. The van der Waals surface area contributed by atoms with Crippen molar-refractivity contribution in [3.05, 3.63) is 29.7 Å². The van der Waals surface area contributed by atoms with Gasteiger partial charge >= 0.3 is 0 Å². The molecule has 1 aromatic carbocycles. The van der Waals surface area contributed by atoms with E-state index in [0.29, 0.717) is 0 Å². The molecule has 2 rings (SSSR count). The number of aromatic nitrogens is 1. The Morgan fingerprint density at radius 1 is 1.50 bits per heavy atom. The summed E-state index contributed by atoms with van der Waals surface area (Å²) in [6.45, 7) is 2.05. The molecule has 1 aromatic heterocycles. The summed E-state index contributed by atoms with van der Waals surface area (Å²) in [5.74, 6) is 0.802. The van der Waals surface area contributed by atoms with Crippen molar-refractivity contribution < 1.29 is 4.42 Å². The van der Waals surface area contributed by atoms with Crippen molar-refractivity contribution in [3.63, 3.8) is 0 Å². The zero-order valence-electron chi connectivity index (χ0n) is 6.67. The fourth-order valence-electron chi connectivity index (χ4n) is 1.14. The molecule has 0 aliphatic heterocycles. The van der Waals surface area contributed by atoms with E-state index in [1.807, 2.05) is 18.2 Å². The van der Waals surface area contributed by atoms with Gasteiger partial charge in [0.25, 0.3) is 0 Å². The molecule has 0 fully saturated rings. The summed E-state index contributed by atoms with van der Waals surface area (Å²) < 4.78 is 6.28. The molecule has 0 bridgehead atoms. The largest absolute Gasteiger partial charge is 0.440 e. The van der Waals surface area contributed by atoms with E-state index in [2.05, 4.69) is 34.5 Å². The number of hydrogen-bond acceptors (Lipinski definition) is 2. The Morgan fingerprint density at radius 3 is 3.08 bits per heavy atom. The number of fused-ring (bicyclic) bond motifs is 1. The number of rotatable bonds is 1. The van der Waals surface area contributed by atoms with Crippen LogP contribution in [-0.4, -0.2) is 4.98 Å². The third kappa shape index (κ3) is 1.33. The molecule has 1 heterocycles. The SMILES string of the molecule is Cc1ccc2oc(CI)nc2c1. The summed E-state index contributed by atoms with van der Waals surface area (Å²) in [5.41, 5.74) is 3.06. The fourth-order valence-corrected chi connectivity index (χ4v) is 1.47. The first-order chi connectivity index (χ1) is 5.79. The van der Waals surface area contributed by atoms with Crippen LogP contribution in [0.15, 0.2) is 22.6 Å². The van der Waals surface area contributed by atoms with Crippen molar-refractivity contribution in [2.45, 2.75) is 11.4 Å². The van der Waals surface area contributed by atoms with Gasteiger partial charge in [0.1, 0.15) is 5.52 Å². The monoisotopic (exact) mass is 273 g/mol. The van der Waals surface area contributed by atoms with Crippen LogP contribution in [0.25, 0.3) is 11.1 Å². The maximum absolute atomic E-state index is 5.45. The van der Waals surface area contributed by atoms with Crippen LogP contribution in [0.5, 0.6) is 0 Å². The third-order valence-corrected chi connectivity index (χ3v) is 2.35. The van der Waals surface area contributed by atoms with Crippen LogP contribution in [0.4, 0.5) is 0 Å². The van der Waals surface area contributed by atoms with Crippen molar-refractivity contribution in [2.24, 2.45) is 0 Å². The predicted octanol–water partition coefficient (Wildman–Crippen LogP) is 3.07. The lowest BCUT2D eigenvalue weighted by Gasteiger charge is -1.87. The Kier molecular flexibility index (Phi) is 2.04. The summed E-state index contributed by atoms with van der Waals surface area (Å²) in [4.78, 5) is 4.32. The molecule has 0 saturated heterocycles. The van der Waals surface area contributed by atoms with Crippen LogP contribution in [0.2, 0.25) is 0 Å². The van der Waals surface area contributed by atoms with Crippen LogP contribution in [-0.2, 0) is 4.43 Å². The molecule has 3 heteroatoms. The highest BCUT2D eigenvalue weighted by molar-refractivity contribution is 14.1. The minimum atomic E-state index is 0.802. The van der Waals surface area contributed by atoms with E-state index in [0.717, 1.165) is 21.4 Å². The number of aryl methyl sites for hydroxylation is 1. The van der Waals surface area contributed by atoms with Crippen molar-refractivity contribution in [3.8, 4) is 0 Å². The first-order valence-electron chi connectivity index (χ1n) is 3.71. The number of hydrogen-bond donors (Lipinski definition) is 0. The molecule has 2 aromatic rings. The predicted molar refractivity (Wildman–Crippen MR) is 56.5 cm³/mol. The number of oxazole rings is 1. The van der Waals surface area contributed by atoms with E-state index >= 15 is 0 Å². The van der Waals surface area contributed by atoms with Crippen molar-refractivity contribution >= 4 is 33.7 Å². The van der Waals surface area contributed by atoms with Gasteiger partial charge in [-0.05, 0) is 24.6 Å². The first-order valence-corrected chi connectivity index (χ1v) is 5.24. The smallest absolute Gasteiger partial charge is 0.205 e. The minimum Gasteiger partial charge on any atom is -0.440 e. The van der Waals surface area contributed by atoms with Crippen LogP contribution >= 0.6 is 22.6 Å². The minimum absolute atomic E-state index is 0.802. The van der Waals surface area contributed by atoms with E-state index in [4.69, 9.17) is 4.42 Å². The zero-order chi connectivity index (χ0) is 8.55. The molecule has 12 heavy (non-hydrogen) atoms. The van der Waals surface area contributed by atoms with Gasteiger partial charge in [-0.1, -0.05) is 28.7 Å². The Hall–Kier alpha value is -0.580. The highest BCUT2D eigenvalue weighted by Gasteiger charge is 2.02. The fraction of sp³-hybridized carbons (Fsp3) is 0.222. The van der Waals surface area contributed by atoms with Crippen LogP contribution in [0, 0.1) is 6.92 Å². The number of halogens is 1. The molecule has 0 aliphatic carbocycles. The van der Waals surface area contributed by atoms with Crippen LogP contribution in [0.3, 0.4) is 0 Å². The molecule has 0 atom stereocenters. The highest BCUT2D eigenvalue weighted by Crippen LogP contribution is 2.18. The van der Waals surface area contributed by atoms with Gasteiger partial charge in [0.05, 0.1) is 4.43 Å². The summed E-state index contributed by atoms with van der Waals surface area (Å²) in [7, 11) is 0. The molecular weight excluding hydrogens is 265 g/mol. The van der Waals surface area contributed by atoms with Crippen LogP contribution in [0.1, 0.15) is 11.5 Å². The average molecular weight is 273 g/mol. The molecule has 0 saturated carbocycles. The molecule has 0 amide bonds. The molecule has 0 radical (unpaired) electrons. The zero-order valence-corrected chi connectivity index (χ0v) is 8.83. The van der Waals surface area contributed by atoms with E-state index in [9.17, 15) is 0 Å². The van der Waals surface area contributed by atoms with E-state index in [1.54, 1.807) is 0 Å². The maximum atomic E-state index is 5.45. The summed E-state index contributed by atoms with van der Waals surface area (Å²) in [5, 5.41) is 0. The standard InChI is InChI=1S/C9H8INO/c1-6-2-3-8-7(4-6)11-9(5-10)12-8/h2-4H,5H2,1H3. The second-order valence-electron chi connectivity index (χ2n) is 2.71. The lowest BCUT2D eigenvalue weighted by Crippen LogP contribution is -1.73. The Morgan fingerprint density at radius 2 is 2.33 bits per heavy atom. The van der Waals surface area contributed by atoms with Gasteiger partial charge in [0.2, 0.25) is 5.89 Å². The van der Waals surface area contributed by atoms with Crippen molar-refractivity contribution in [2.75, 3.05) is 0 Å². The Balaban J connectivity index is 2.67. The molecule has 0 aliphatic rings. The molecular formula is C9H8INO.